The van der Waals surface area contributed by atoms with Gasteiger partial charge in [0.05, 0.1) is 10.9 Å². The van der Waals surface area contributed by atoms with E-state index in [4.69, 9.17) is 0 Å². The molecule has 1 aliphatic heterocycles. The van der Waals surface area contributed by atoms with E-state index in [9.17, 15) is 0 Å². The number of aromatic nitrogens is 1. The molecule has 0 bridgehead atoms. The van der Waals surface area contributed by atoms with Gasteiger partial charge in [-0.15, -0.1) is 0 Å². The molecular formula is C26H30N+. The summed E-state index contributed by atoms with van der Waals surface area (Å²) in [5.41, 5.74) is 7.71. The van der Waals surface area contributed by atoms with E-state index in [-0.39, 0.29) is 11.0 Å². The van der Waals surface area contributed by atoms with Crippen LogP contribution in [0.2, 0.25) is 0 Å². The van der Waals surface area contributed by atoms with Crippen LogP contribution in [0.5, 0.6) is 0 Å². The number of nitrogens with zero attached hydrogens (tertiary/aromatic N) is 1. The summed E-state index contributed by atoms with van der Waals surface area (Å²) in [6.07, 6.45) is 5.93. The minimum atomic E-state index is 0.0358. The molecular weight excluding hydrogens is 326 g/mol. The van der Waals surface area contributed by atoms with Gasteiger partial charge in [0.15, 0.2) is 11.7 Å². The quantitative estimate of drug-likeness (QED) is 0.486. The zero-order chi connectivity index (χ0) is 19.0. The van der Waals surface area contributed by atoms with Gasteiger partial charge in [-0.25, -0.2) is 0 Å². The number of hydrogen-bond donors (Lipinski definition) is 0. The standard InChI is InChI=1S/C26H30N/c1-6-26(17(2)3)15-13-18-9-7-11-20-22(18)24-23-19(14-16-27(24)26)10-8-12-21(23)25(20,4)5/h7-12,14,16-17H,6,13,15H2,1-5H3/q+1. The fraction of sp³-hybridized carbons (Fsp3) is 0.423. The summed E-state index contributed by atoms with van der Waals surface area (Å²) in [5.74, 6) is 0.598. The zero-order valence-corrected chi connectivity index (χ0v) is 17.3. The molecule has 1 nitrogen and oxygen atoms in total. The zero-order valence-electron chi connectivity index (χ0n) is 17.3. The monoisotopic (exact) mass is 356 g/mol. The minimum Gasteiger partial charge on any atom is -0.192 e. The number of aryl methyl sites for hydroxylation is 1. The average Bonchev–Trinajstić information content (AvgIpc) is 2.81. The van der Waals surface area contributed by atoms with Gasteiger partial charge in [-0.3, -0.25) is 0 Å². The van der Waals surface area contributed by atoms with Crippen molar-refractivity contribution in [2.45, 2.75) is 64.8 Å². The highest BCUT2D eigenvalue weighted by Crippen LogP contribution is 2.51. The highest BCUT2D eigenvalue weighted by atomic mass is 15.1. The predicted octanol–water partition coefficient (Wildman–Crippen LogP) is 6.14. The van der Waals surface area contributed by atoms with Crippen molar-refractivity contribution in [1.82, 2.24) is 0 Å². The van der Waals surface area contributed by atoms with Crippen LogP contribution < -0.4 is 4.57 Å². The molecule has 0 fully saturated rings. The van der Waals surface area contributed by atoms with Crippen LogP contribution in [0.3, 0.4) is 0 Å². The highest BCUT2D eigenvalue weighted by Gasteiger charge is 2.49. The van der Waals surface area contributed by atoms with Gasteiger partial charge in [0, 0.05) is 30.2 Å². The fourth-order valence-corrected chi connectivity index (χ4v) is 6.01. The number of benzene rings is 2. The van der Waals surface area contributed by atoms with Crippen LogP contribution in [0.15, 0.2) is 48.7 Å². The molecule has 1 unspecified atom stereocenters. The Balaban J connectivity index is 2.05. The summed E-state index contributed by atoms with van der Waals surface area (Å²) < 4.78 is 2.67. The van der Waals surface area contributed by atoms with E-state index < -0.39 is 0 Å². The van der Waals surface area contributed by atoms with Crippen molar-refractivity contribution in [3.63, 3.8) is 0 Å². The second kappa shape index (κ2) is 5.44. The molecule has 27 heavy (non-hydrogen) atoms. The van der Waals surface area contributed by atoms with Gasteiger partial charge in [-0.1, -0.05) is 71.0 Å². The molecule has 0 radical (unpaired) electrons. The van der Waals surface area contributed by atoms with E-state index in [1.807, 2.05) is 0 Å². The second-order valence-corrected chi connectivity index (χ2v) is 9.38. The van der Waals surface area contributed by atoms with Gasteiger partial charge in [0.2, 0.25) is 5.69 Å². The van der Waals surface area contributed by atoms with Crippen LogP contribution in [-0.4, -0.2) is 0 Å². The number of hydrogen-bond acceptors (Lipinski definition) is 0. The van der Waals surface area contributed by atoms with Crippen molar-refractivity contribution < 1.29 is 4.57 Å². The molecule has 2 aliphatic rings. The van der Waals surface area contributed by atoms with Crippen LogP contribution in [0.4, 0.5) is 0 Å². The lowest BCUT2D eigenvalue weighted by Gasteiger charge is -2.36. The lowest BCUT2D eigenvalue weighted by atomic mass is 9.68. The third-order valence-electron chi connectivity index (χ3n) is 7.71. The molecule has 0 N–H and O–H groups in total. The predicted molar refractivity (Wildman–Crippen MR) is 113 cm³/mol. The minimum absolute atomic E-state index is 0.0358. The van der Waals surface area contributed by atoms with Gasteiger partial charge in [0.1, 0.15) is 0 Å². The molecule has 0 amide bonds. The third-order valence-corrected chi connectivity index (χ3v) is 7.71. The summed E-state index contributed by atoms with van der Waals surface area (Å²) in [7, 11) is 0. The van der Waals surface area contributed by atoms with Crippen molar-refractivity contribution in [2.75, 3.05) is 0 Å². The fourth-order valence-electron chi connectivity index (χ4n) is 6.01. The van der Waals surface area contributed by atoms with Crippen LogP contribution in [0.1, 0.15) is 64.2 Å². The first-order chi connectivity index (χ1) is 12.9. The molecule has 1 aliphatic carbocycles. The van der Waals surface area contributed by atoms with Crippen molar-refractivity contribution >= 4 is 10.8 Å². The number of pyridine rings is 1. The molecule has 3 aromatic rings. The summed E-state index contributed by atoms with van der Waals surface area (Å²) in [6, 6.07) is 16.2. The molecule has 0 saturated carbocycles. The average molecular weight is 357 g/mol. The topological polar surface area (TPSA) is 3.88 Å². The lowest BCUT2D eigenvalue weighted by Crippen LogP contribution is -2.60. The van der Waals surface area contributed by atoms with Crippen molar-refractivity contribution in [1.29, 1.82) is 0 Å². The smallest absolute Gasteiger partial charge is 0.192 e. The van der Waals surface area contributed by atoms with Gasteiger partial charge >= 0.3 is 0 Å². The highest BCUT2D eigenvalue weighted by molar-refractivity contribution is 6.00. The van der Waals surface area contributed by atoms with Gasteiger partial charge in [-0.05, 0) is 28.5 Å². The lowest BCUT2D eigenvalue weighted by molar-refractivity contribution is -0.763. The summed E-state index contributed by atoms with van der Waals surface area (Å²) in [6.45, 7) is 12.0. The Labute approximate surface area is 163 Å². The molecule has 1 atom stereocenters. The van der Waals surface area contributed by atoms with Gasteiger partial charge < -0.3 is 0 Å². The Morgan fingerprint density at radius 1 is 1.00 bits per heavy atom. The Kier molecular flexibility index (Phi) is 3.42. The van der Waals surface area contributed by atoms with Crippen LogP contribution in [0.25, 0.3) is 22.0 Å². The maximum atomic E-state index is 2.67. The van der Waals surface area contributed by atoms with Crippen molar-refractivity contribution in [3.05, 3.63) is 65.4 Å². The normalized spacial score (nSPS) is 22.1. The summed E-state index contributed by atoms with van der Waals surface area (Å²) in [5, 5.41) is 2.85. The Hall–Kier alpha value is -2.15. The molecule has 0 spiro atoms. The number of rotatable bonds is 2. The van der Waals surface area contributed by atoms with E-state index in [1.54, 1.807) is 0 Å². The summed E-state index contributed by atoms with van der Waals surface area (Å²) >= 11 is 0. The SMILES string of the molecule is CCC1(C(C)C)CCc2cccc3c2-c2c4c(cccc4cc[n+]21)C3(C)C. The molecule has 138 valence electrons. The first-order valence-corrected chi connectivity index (χ1v) is 10.5. The maximum Gasteiger partial charge on any atom is 0.221 e. The van der Waals surface area contributed by atoms with Gasteiger partial charge in [0.25, 0.3) is 0 Å². The Morgan fingerprint density at radius 2 is 1.74 bits per heavy atom. The van der Waals surface area contributed by atoms with E-state index in [2.05, 4.69) is 87.8 Å². The first-order valence-electron chi connectivity index (χ1n) is 10.5. The van der Waals surface area contributed by atoms with Crippen LogP contribution in [-0.2, 0) is 17.4 Å². The van der Waals surface area contributed by atoms with E-state index in [1.165, 1.54) is 51.6 Å². The molecule has 2 heterocycles. The van der Waals surface area contributed by atoms with E-state index >= 15 is 0 Å². The van der Waals surface area contributed by atoms with Crippen molar-refractivity contribution in [3.8, 4) is 11.3 Å². The van der Waals surface area contributed by atoms with Crippen molar-refractivity contribution in [2.24, 2.45) is 5.92 Å². The van der Waals surface area contributed by atoms with E-state index in [0.717, 1.165) is 6.42 Å². The third kappa shape index (κ3) is 1.98. The second-order valence-electron chi connectivity index (χ2n) is 9.38. The van der Waals surface area contributed by atoms with Gasteiger partial charge in [-0.2, -0.15) is 4.57 Å². The molecule has 1 heteroatoms. The molecule has 1 aromatic heterocycles. The molecule has 2 aromatic carbocycles. The molecule has 5 rings (SSSR count). The van der Waals surface area contributed by atoms with E-state index in [0.29, 0.717) is 5.92 Å². The Morgan fingerprint density at radius 3 is 2.48 bits per heavy atom. The molecule has 0 saturated heterocycles. The first kappa shape index (κ1) is 17.0. The maximum absolute atomic E-state index is 2.67. The largest absolute Gasteiger partial charge is 0.221 e. The van der Waals surface area contributed by atoms with Crippen LogP contribution in [0, 0.1) is 5.92 Å². The Bertz CT molecular complexity index is 1070. The van der Waals surface area contributed by atoms with Crippen LogP contribution >= 0.6 is 0 Å². The summed E-state index contributed by atoms with van der Waals surface area (Å²) in [4.78, 5) is 0.